The van der Waals surface area contributed by atoms with Crippen LogP contribution in [-0.2, 0) is 9.84 Å². The zero-order chi connectivity index (χ0) is 14.8. The molecule has 0 aliphatic heterocycles. The molecular formula is C11H12ClNO5S. The standard InChI is InChI=1S/C11H12ClNO5S/c1-3-11(12,19(2,17)18)10(14)8-4-6-9(7-5-8)13(15)16/h4-7H,3H2,1-2H3/t11-/m1/s1. The normalized spacial score (nSPS) is 14.7. The Hall–Kier alpha value is -1.47. The second-order valence-corrected chi connectivity index (χ2v) is 7.10. The summed E-state index contributed by atoms with van der Waals surface area (Å²) in [5, 5.41) is 10.5. The first-order chi connectivity index (χ1) is 8.63. The predicted octanol–water partition coefficient (Wildman–Crippen LogP) is 2.17. The molecule has 0 N–H and O–H groups in total. The molecule has 1 aromatic carbocycles. The third-order valence-electron chi connectivity index (χ3n) is 2.72. The number of nitro groups is 1. The number of non-ortho nitro benzene ring substituents is 1. The van der Waals surface area contributed by atoms with Gasteiger partial charge in [0.15, 0.2) is 15.6 Å². The Bertz CT molecular complexity index is 610. The molecular weight excluding hydrogens is 294 g/mol. The summed E-state index contributed by atoms with van der Waals surface area (Å²) in [7, 11) is -3.81. The molecule has 0 unspecified atom stereocenters. The first-order valence-corrected chi connectivity index (χ1v) is 7.58. The highest BCUT2D eigenvalue weighted by Crippen LogP contribution is 2.31. The SMILES string of the molecule is CC[C@](Cl)(C(=O)c1ccc([N+](=O)[O-])cc1)S(C)(=O)=O. The molecule has 0 fully saturated rings. The summed E-state index contributed by atoms with van der Waals surface area (Å²) in [6, 6.07) is 4.64. The van der Waals surface area contributed by atoms with Crippen molar-refractivity contribution < 1.29 is 18.1 Å². The molecule has 0 amide bonds. The number of sulfone groups is 1. The average Bonchev–Trinajstić information content (AvgIpc) is 2.35. The van der Waals surface area contributed by atoms with Crippen molar-refractivity contribution in [2.24, 2.45) is 0 Å². The predicted molar refractivity (Wildman–Crippen MR) is 71.1 cm³/mol. The van der Waals surface area contributed by atoms with Gasteiger partial charge in [0, 0.05) is 24.0 Å². The Labute approximate surface area is 115 Å². The van der Waals surface area contributed by atoms with E-state index in [1.807, 2.05) is 0 Å². The van der Waals surface area contributed by atoms with Crippen molar-refractivity contribution in [2.75, 3.05) is 6.26 Å². The Morgan fingerprint density at radius 3 is 2.16 bits per heavy atom. The van der Waals surface area contributed by atoms with Crippen LogP contribution in [0.3, 0.4) is 0 Å². The quantitative estimate of drug-likeness (QED) is 0.359. The van der Waals surface area contributed by atoms with Gasteiger partial charge < -0.3 is 0 Å². The maximum absolute atomic E-state index is 12.1. The number of nitrogens with zero attached hydrogens (tertiary/aromatic N) is 1. The van der Waals surface area contributed by atoms with Gasteiger partial charge in [-0.15, -0.1) is 0 Å². The van der Waals surface area contributed by atoms with Crippen LogP contribution in [-0.4, -0.2) is 29.6 Å². The summed E-state index contributed by atoms with van der Waals surface area (Å²) < 4.78 is 21.2. The van der Waals surface area contributed by atoms with Crippen molar-refractivity contribution in [2.45, 2.75) is 17.6 Å². The van der Waals surface area contributed by atoms with Gasteiger partial charge in [0.05, 0.1) is 4.92 Å². The Morgan fingerprint density at radius 1 is 1.37 bits per heavy atom. The number of carbonyl (C=O) groups is 1. The van der Waals surface area contributed by atoms with Crippen molar-refractivity contribution in [1.29, 1.82) is 0 Å². The van der Waals surface area contributed by atoms with E-state index in [4.69, 9.17) is 11.6 Å². The molecule has 8 heteroatoms. The second-order valence-electron chi connectivity index (χ2n) is 3.99. The van der Waals surface area contributed by atoms with E-state index in [0.29, 0.717) is 0 Å². The maximum atomic E-state index is 12.1. The van der Waals surface area contributed by atoms with Crippen LogP contribution in [0.5, 0.6) is 0 Å². The summed E-state index contributed by atoms with van der Waals surface area (Å²) in [6.07, 6.45) is 0.788. The molecule has 0 aliphatic rings. The molecule has 104 valence electrons. The highest BCUT2D eigenvalue weighted by molar-refractivity contribution is 7.94. The van der Waals surface area contributed by atoms with E-state index in [9.17, 15) is 23.3 Å². The molecule has 0 bridgehead atoms. The number of halogens is 1. The fraction of sp³-hybridized carbons (Fsp3) is 0.364. The molecule has 0 radical (unpaired) electrons. The van der Waals surface area contributed by atoms with Gasteiger partial charge in [-0.25, -0.2) is 8.42 Å². The van der Waals surface area contributed by atoms with Crippen LogP contribution in [0, 0.1) is 10.1 Å². The van der Waals surface area contributed by atoms with Gasteiger partial charge in [0.2, 0.25) is 4.21 Å². The highest BCUT2D eigenvalue weighted by Gasteiger charge is 2.45. The number of hydrogen-bond donors (Lipinski definition) is 0. The van der Waals surface area contributed by atoms with Crippen LogP contribution in [0.4, 0.5) is 5.69 Å². The molecule has 1 rings (SSSR count). The molecule has 0 aliphatic carbocycles. The lowest BCUT2D eigenvalue weighted by Gasteiger charge is -2.21. The zero-order valence-corrected chi connectivity index (χ0v) is 11.9. The van der Waals surface area contributed by atoms with Crippen molar-refractivity contribution >= 4 is 32.9 Å². The van der Waals surface area contributed by atoms with Crippen LogP contribution in [0.1, 0.15) is 23.7 Å². The summed E-state index contributed by atoms with van der Waals surface area (Å²) >= 11 is 5.92. The number of ketones is 1. The van der Waals surface area contributed by atoms with Crippen LogP contribution < -0.4 is 0 Å². The smallest absolute Gasteiger partial charge is 0.269 e. The van der Waals surface area contributed by atoms with Gasteiger partial charge >= 0.3 is 0 Å². The van der Waals surface area contributed by atoms with Crippen molar-refractivity contribution in [3.63, 3.8) is 0 Å². The molecule has 0 saturated heterocycles. The number of alkyl halides is 1. The summed E-state index contributed by atoms with van der Waals surface area (Å²) in [4.78, 5) is 22.0. The first kappa shape index (κ1) is 15.6. The number of hydrogen-bond acceptors (Lipinski definition) is 5. The monoisotopic (exact) mass is 305 g/mol. The largest absolute Gasteiger partial charge is 0.291 e. The van der Waals surface area contributed by atoms with Crippen molar-refractivity contribution in [3.05, 3.63) is 39.9 Å². The third kappa shape index (κ3) is 2.93. The minimum atomic E-state index is -3.81. The van der Waals surface area contributed by atoms with Crippen LogP contribution in [0.2, 0.25) is 0 Å². The van der Waals surface area contributed by atoms with Crippen molar-refractivity contribution in [3.8, 4) is 0 Å². The second kappa shape index (κ2) is 5.26. The van der Waals surface area contributed by atoms with E-state index in [2.05, 4.69) is 0 Å². The topological polar surface area (TPSA) is 94.3 Å². The molecule has 1 aromatic rings. The van der Waals surface area contributed by atoms with Crippen LogP contribution in [0.15, 0.2) is 24.3 Å². The first-order valence-electron chi connectivity index (χ1n) is 5.31. The summed E-state index contributed by atoms with van der Waals surface area (Å²) in [5.74, 6) is -0.783. The number of benzene rings is 1. The fourth-order valence-electron chi connectivity index (χ4n) is 1.54. The maximum Gasteiger partial charge on any atom is 0.269 e. The summed E-state index contributed by atoms with van der Waals surface area (Å²) in [6.45, 7) is 1.48. The Morgan fingerprint density at radius 2 is 1.84 bits per heavy atom. The number of Topliss-reactive ketones (excluding diaryl/α,β-unsaturated/α-hetero) is 1. The van der Waals surface area contributed by atoms with Gasteiger partial charge in [-0.3, -0.25) is 14.9 Å². The lowest BCUT2D eigenvalue weighted by atomic mass is 10.1. The van der Waals surface area contributed by atoms with Crippen molar-refractivity contribution in [1.82, 2.24) is 0 Å². The lowest BCUT2D eigenvalue weighted by Crippen LogP contribution is -2.40. The molecule has 0 heterocycles. The van der Waals surface area contributed by atoms with Gasteiger partial charge in [-0.05, 0) is 18.6 Å². The zero-order valence-electron chi connectivity index (χ0n) is 10.3. The number of carbonyl (C=O) groups excluding carboxylic acids is 1. The van der Waals surface area contributed by atoms with E-state index in [-0.39, 0.29) is 17.7 Å². The summed E-state index contributed by atoms with van der Waals surface area (Å²) in [5.41, 5.74) is -0.166. The molecule has 0 saturated carbocycles. The Kier molecular flexibility index (Phi) is 4.32. The van der Waals surface area contributed by atoms with E-state index in [1.165, 1.54) is 19.1 Å². The molecule has 1 atom stereocenters. The fourth-order valence-corrected chi connectivity index (χ4v) is 2.63. The van der Waals surface area contributed by atoms with Gasteiger partial charge in [-0.2, -0.15) is 0 Å². The minimum Gasteiger partial charge on any atom is -0.291 e. The molecule has 6 nitrogen and oxygen atoms in total. The Balaban J connectivity index is 3.23. The van der Waals surface area contributed by atoms with Crippen LogP contribution >= 0.6 is 11.6 Å². The average molecular weight is 306 g/mol. The van der Waals surface area contributed by atoms with Gasteiger partial charge in [0.25, 0.3) is 5.69 Å². The van der Waals surface area contributed by atoms with Crippen LogP contribution in [0.25, 0.3) is 0 Å². The lowest BCUT2D eigenvalue weighted by molar-refractivity contribution is -0.384. The number of nitro benzene ring substituents is 1. The molecule has 0 spiro atoms. The molecule has 0 aromatic heterocycles. The van der Waals surface area contributed by atoms with E-state index in [0.717, 1.165) is 18.4 Å². The minimum absolute atomic E-state index is 0.0212. The van der Waals surface area contributed by atoms with Gasteiger partial charge in [0.1, 0.15) is 0 Å². The van der Waals surface area contributed by atoms with E-state index >= 15 is 0 Å². The van der Waals surface area contributed by atoms with E-state index in [1.54, 1.807) is 0 Å². The van der Waals surface area contributed by atoms with E-state index < -0.39 is 24.8 Å². The molecule has 19 heavy (non-hydrogen) atoms. The number of rotatable bonds is 5. The van der Waals surface area contributed by atoms with Gasteiger partial charge in [-0.1, -0.05) is 18.5 Å². The third-order valence-corrected chi connectivity index (χ3v) is 5.65. The highest BCUT2D eigenvalue weighted by atomic mass is 35.5.